The highest BCUT2D eigenvalue weighted by molar-refractivity contribution is 5.96. The van der Waals surface area contributed by atoms with Crippen molar-refractivity contribution in [1.29, 1.82) is 0 Å². The minimum atomic E-state index is 0.0885. The molecule has 0 radical (unpaired) electrons. The zero-order chi connectivity index (χ0) is 20.9. The Morgan fingerprint density at radius 3 is 2.50 bits per heavy atom. The Morgan fingerprint density at radius 2 is 1.70 bits per heavy atom. The highest BCUT2D eigenvalue weighted by Gasteiger charge is 2.26. The standard InChI is InChI=1S/C25H30N2O3/c1-19-8-2-3-12-23(19)25(29)27-15-7-9-20(17-27)18-30-22-11-6-10-21(16-22)24(28)26-13-4-5-14-26/h2-3,6,8,10-12,16,20H,4-5,7,9,13-15,17-18H2,1H3. The first-order valence-corrected chi connectivity index (χ1v) is 11.0. The molecule has 30 heavy (non-hydrogen) atoms. The molecular formula is C25H30N2O3. The van der Waals surface area contributed by atoms with Crippen molar-refractivity contribution in [3.63, 3.8) is 0 Å². The van der Waals surface area contributed by atoms with E-state index in [-0.39, 0.29) is 11.8 Å². The molecule has 1 atom stereocenters. The van der Waals surface area contributed by atoms with Crippen LogP contribution in [0, 0.1) is 12.8 Å². The molecule has 2 aliphatic heterocycles. The van der Waals surface area contributed by atoms with Crippen LogP contribution in [-0.2, 0) is 0 Å². The van der Waals surface area contributed by atoms with Gasteiger partial charge in [-0.05, 0) is 62.4 Å². The van der Waals surface area contributed by atoms with Crippen LogP contribution < -0.4 is 4.74 Å². The summed E-state index contributed by atoms with van der Waals surface area (Å²) in [6.45, 7) is 5.73. The summed E-state index contributed by atoms with van der Waals surface area (Å²) in [5.41, 5.74) is 2.49. The van der Waals surface area contributed by atoms with Crippen molar-refractivity contribution >= 4 is 11.8 Å². The summed E-state index contributed by atoms with van der Waals surface area (Å²) >= 11 is 0. The first-order chi connectivity index (χ1) is 14.6. The van der Waals surface area contributed by atoms with E-state index >= 15 is 0 Å². The summed E-state index contributed by atoms with van der Waals surface area (Å²) < 4.78 is 6.05. The first-order valence-electron chi connectivity index (χ1n) is 11.0. The van der Waals surface area contributed by atoms with E-state index in [0.717, 1.165) is 62.2 Å². The minimum Gasteiger partial charge on any atom is -0.493 e. The van der Waals surface area contributed by atoms with Crippen LogP contribution in [0.15, 0.2) is 48.5 Å². The molecule has 0 aliphatic carbocycles. The molecule has 0 saturated carbocycles. The van der Waals surface area contributed by atoms with E-state index in [2.05, 4.69) is 0 Å². The molecule has 2 amide bonds. The zero-order valence-corrected chi connectivity index (χ0v) is 17.7. The lowest BCUT2D eigenvalue weighted by Gasteiger charge is -2.33. The van der Waals surface area contributed by atoms with Crippen molar-refractivity contribution in [2.75, 3.05) is 32.8 Å². The quantitative estimate of drug-likeness (QED) is 0.749. The highest BCUT2D eigenvalue weighted by atomic mass is 16.5. The first kappa shape index (κ1) is 20.5. The molecule has 2 fully saturated rings. The van der Waals surface area contributed by atoms with E-state index in [9.17, 15) is 9.59 Å². The van der Waals surface area contributed by atoms with Crippen molar-refractivity contribution < 1.29 is 14.3 Å². The number of carbonyl (C=O) groups is 2. The molecule has 2 aliphatic rings. The summed E-state index contributed by atoms with van der Waals surface area (Å²) in [5.74, 6) is 1.22. The van der Waals surface area contributed by atoms with E-state index in [1.807, 2.05) is 65.3 Å². The number of hydrogen-bond acceptors (Lipinski definition) is 3. The van der Waals surface area contributed by atoms with Gasteiger partial charge in [0.1, 0.15) is 5.75 Å². The van der Waals surface area contributed by atoms with Crippen LogP contribution >= 0.6 is 0 Å². The number of piperidine rings is 1. The lowest BCUT2D eigenvalue weighted by molar-refractivity contribution is 0.0631. The number of amides is 2. The van der Waals surface area contributed by atoms with Gasteiger partial charge in [-0.15, -0.1) is 0 Å². The third-order valence-corrected chi connectivity index (χ3v) is 6.14. The number of ether oxygens (including phenoxy) is 1. The number of likely N-dealkylation sites (tertiary alicyclic amines) is 2. The number of rotatable bonds is 5. The summed E-state index contributed by atoms with van der Waals surface area (Å²) in [5, 5.41) is 0. The van der Waals surface area contributed by atoms with E-state index in [4.69, 9.17) is 4.74 Å². The molecule has 2 aromatic rings. The molecular weight excluding hydrogens is 376 g/mol. The van der Waals surface area contributed by atoms with Gasteiger partial charge in [-0.1, -0.05) is 24.3 Å². The maximum Gasteiger partial charge on any atom is 0.254 e. The molecule has 2 saturated heterocycles. The van der Waals surface area contributed by atoms with Crippen LogP contribution in [0.2, 0.25) is 0 Å². The summed E-state index contributed by atoms with van der Waals surface area (Å²) in [6.07, 6.45) is 4.20. The lowest BCUT2D eigenvalue weighted by Crippen LogP contribution is -2.41. The van der Waals surface area contributed by atoms with Gasteiger partial charge in [-0.2, -0.15) is 0 Å². The minimum absolute atomic E-state index is 0.0885. The molecule has 0 bridgehead atoms. The van der Waals surface area contributed by atoms with E-state index in [1.165, 1.54) is 0 Å². The molecule has 158 valence electrons. The molecule has 5 heteroatoms. The second kappa shape index (κ2) is 9.33. The predicted octanol–water partition coefficient (Wildman–Crippen LogP) is 4.16. The number of carbonyl (C=O) groups excluding carboxylic acids is 2. The third-order valence-electron chi connectivity index (χ3n) is 6.14. The van der Waals surface area contributed by atoms with Crippen molar-refractivity contribution in [3.8, 4) is 5.75 Å². The molecule has 0 aromatic heterocycles. The molecule has 0 spiro atoms. The predicted molar refractivity (Wildman–Crippen MR) is 117 cm³/mol. The molecule has 1 unspecified atom stereocenters. The van der Waals surface area contributed by atoms with Crippen LogP contribution in [-0.4, -0.2) is 54.4 Å². The van der Waals surface area contributed by atoms with Crippen LogP contribution in [0.4, 0.5) is 0 Å². The van der Waals surface area contributed by atoms with E-state index < -0.39 is 0 Å². The summed E-state index contributed by atoms with van der Waals surface area (Å²) in [6, 6.07) is 15.3. The second-order valence-electron chi connectivity index (χ2n) is 8.41. The normalized spacial score (nSPS) is 19.0. The number of hydrogen-bond donors (Lipinski definition) is 0. The summed E-state index contributed by atoms with van der Waals surface area (Å²) in [7, 11) is 0. The summed E-state index contributed by atoms with van der Waals surface area (Å²) in [4.78, 5) is 29.4. The molecule has 5 nitrogen and oxygen atoms in total. The van der Waals surface area contributed by atoms with Gasteiger partial charge in [0.05, 0.1) is 6.61 Å². The fourth-order valence-electron chi connectivity index (χ4n) is 4.40. The average molecular weight is 407 g/mol. The van der Waals surface area contributed by atoms with Crippen molar-refractivity contribution in [2.24, 2.45) is 5.92 Å². The van der Waals surface area contributed by atoms with Crippen molar-refractivity contribution in [1.82, 2.24) is 9.80 Å². The third kappa shape index (κ3) is 4.66. The molecule has 4 rings (SSSR count). The lowest BCUT2D eigenvalue weighted by atomic mass is 9.97. The fraction of sp³-hybridized carbons (Fsp3) is 0.440. The van der Waals surface area contributed by atoms with E-state index in [1.54, 1.807) is 0 Å². The smallest absolute Gasteiger partial charge is 0.254 e. The monoisotopic (exact) mass is 406 g/mol. The number of benzene rings is 2. The number of aryl methyl sites for hydroxylation is 1. The molecule has 0 N–H and O–H groups in total. The Hall–Kier alpha value is -2.82. The van der Waals surface area contributed by atoms with Gasteiger partial charge in [0.25, 0.3) is 11.8 Å². The fourth-order valence-corrected chi connectivity index (χ4v) is 4.40. The Bertz CT molecular complexity index is 905. The largest absolute Gasteiger partial charge is 0.493 e. The van der Waals surface area contributed by atoms with Crippen LogP contribution in [0.25, 0.3) is 0 Å². The molecule has 2 aromatic carbocycles. The Morgan fingerprint density at radius 1 is 0.933 bits per heavy atom. The topological polar surface area (TPSA) is 49.9 Å². The number of nitrogens with zero attached hydrogens (tertiary/aromatic N) is 2. The van der Waals surface area contributed by atoms with Crippen molar-refractivity contribution in [3.05, 3.63) is 65.2 Å². The Labute approximate surface area is 178 Å². The van der Waals surface area contributed by atoms with Gasteiger partial charge in [0.15, 0.2) is 0 Å². The van der Waals surface area contributed by atoms with Gasteiger partial charge in [-0.3, -0.25) is 9.59 Å². The van der Waals surface area contributed by atoms with Crippen LogP contribution in [0.5, 0.6) is 5.75 Å². The highest BCUT2D eigenvalue weighted by Crippen LogP contribution is 2.23. The average Bonchev–Trinajstić information content (AvgIpc) is 3.32. The van der Waals surface area contributed by atoms with Gasteiger partial charge in [0, 0.05) is 43.2 Å². The van der Waals surface area contributed by atoms with Crippen molar-refractivity contribution in [2.45, 2.75) is 32.6 Å². The van der Waals surface area contributed by atoms with Gasteiger partial charge >= 0.3 is 0 Å². The van der Waals surface area contributed by atoms with Gasteiger partial charge in [-0.25, -0.2) is 0 Å². The second-order valence-corrected chi connectivity index (χ2v) is 8.41. The maximum atomic E-state index is 12.9. The van der Waals surface area contributed by atoms with E-state index in [0.29, 0.717) is 24.6 Å². The van der Waals surface area contributed by atoms with Gasteiger partial charge < -0.3 is 14.5 Å². The van der Waals surface area contributed by atoms with Crippen LogP contribution in [0.3, 0.4) is 0 Å². The molecule has 2 heterocycles. The SMILES string of the molecule is Cc1ccccc1C(=O)N1CCCC(COc2cccc(C(=O)N3CCCC3)c2)C1. The van der Waals surface area contributed by atoms with Gasteiger partial charge in [0.2, 0.25) is 0 Å². The maximum absolute atomic E-state index is 12.9. The van der Waals surface area contributed by atoms with Crippen LogP contribution in [0.1, 0.15) is 52.0 Å². The Balaban J connectivity index is 1.35. The zero-order valence-electron chi connectivity index (χ0n) is 17.7. The Kier molecular flexibility index (Phi) is 6.36.